The van der Waals surface area contributed by atoms with Gasteiger partial charge in [0.05, 0.1) is 0 Å². The van der Waals surface area contributed by atoms with Gasteiger partial charge in [-0.15, -0.1) is 0 Å². The smallest absolute Gasteiger partial charge is 0.161 e. The average Bonchev–Trinajstić information content (AvgIpc) is 2.83. The van der Waals surface area contributed by atoms with Crippen molar-refractivity contribution in [3.05, 3.63) is 23.8 Å². The van der Waals surface area contributed by atoms with Crippen LogP contribution < -0.4 is 14.8 Å². The molecule has 1 unspecified atom stereocenters. The molecule has 0 spiro atoms. The van der Waals surface area contributed by atoms with Crippen molar-refractivity contribution in [3.8, 4) is 11.5 Å². The van der Waals surface area contributed by atoms with Gasteiger partial charge in [0.15, 0.2) is 11.5 Å². The zero-order chi connectivity index (χ0) is 14.9. The SMILES string of the molecule is CNC(CN1CCCC1(C)C)c1ccc2c(c1)OCCO2. The first-order chi connectivity index (χ1) is 10.1. The van der Waals surface area contributed by atoms with Crippen molar-refractivity contribution in [2.24, 2.45) is 0 Å². The van der Waals surface area contributed by atoms with Crippen molar-refractivity contribution in [1.82, 2.24) is 10.2 Å². The summed E-state index contributed by atoms with van der Waals surface area (Å²) in [5, 5.41) is 3.45. The number of hydrogen-bond acceptors (Lipinski definition) is 4. The first kappa shape index (κ1) is 14.7. The summed E-state index contributed by atoms with van der Waals surface area (Å²) in [4.78, 5) is 2.59. The van der Waals surface area contributed by atoms with E-state index in [0.29, 0.717) is 24.8 Å². The van der Waals surface area contributed by atoms with Crippen LogP contribution in [0.3, 0.4) is 0 Å². The first-order valence-electron chi connectivity index (χ1n) is 7.92. The molecule has 0 bridgehead atoms. The Morgan fingerprint density at radius 1 is 1.24 bits per heavy atom. The van der Waals surface area contributed by atoms with Gasteiger partial charge in [-0.2, -0.15) is 0 Å². The summed E-state index contributed by atoms with van der Waals surface area (Å²) in [6.45, 7) is 8.19. The Hall–Kier alpha value is -1.26. The molecule has 4 heteroatoms. The molecule has 0 aromatic heterocycles. The van der Waals surface area contributed by atoms with Crippen LogP contribution in [0.5, 0.6) is 11.5 Å². The minimum Gasteiger partial charge on any atom is -0.486 e. The fraction of sp³-hybridized carbons (Fsp3) is 0.647. The number of hydrogen-bond donors (Lipinski definition) is 1. The minimum atomic E-state index is 0.308. The Kier molecular flexibility index (Phi) is 4.09. The summed E-state index contributed by atoms with van der Waals surface area (Å²) in [5.74, 6) is 1.74. The molecule has 1 aromatic carbocycles. The van der Waals surface area contributed by atoms with Gasteiger partial charge in [-0.05, 0) is 58.0 Å². The summed E-state index contributed by atoms with van der Waals surface area (Å²) >= 11 is 0. The quantitative estimate of drug-likeness (QED) is 0.924. The van der Waals surface area contributed by atoms with E-state index in [1.807, 2.05) is 13.1 Å². The van der Waals surface area contributed by atoms with Gasteiger partial charge in [-0.1, -0.05) is 6.07 Å². The van der Waals surface area contributed by atoms with Gasteiger partial charge >= 0.3 is 0 Å². The van der Waals surface area contributed by atoms with E-state index in [4.69, 9.17) is 9.47 Å². The monoisotopic (exact) mass is 290 g/mol. The Morgan fingerprint density at radius 2 is 2.00 bits per heavy atom. The maximum atomic E-state index is 5.70. The van der Waals surface area contributed by atoms with Crippen molar-refractivity contribution in [2.45, 2.75) is 38.3 Å². The average molecular weight is 290 g/mol. The lowest BCUT2D eigenvalue weighted by atomic mass is 10.00. The second-order valence-corrected chi connectivity index (χ2v) is 6.61. The van der Waals surface area contributed by atoms with Crippen LogP contribution in [-0.4, -0.2) is 43.8 Å². The molecule has 1 saturated heterocycles. The Balaban J connectivity index is 1.77. The molecule has 1 atom stereocenters. The van der Waals surface area contributed by atoms with E-state index >= 15 is 0 Å². The van der Waals surface area contributed by atoms with E-state index in [-0.39, 0.29) is 0 Å². The highest BCUT2D eigenvalue weighted by molar-refractivity contribution is 5.44. The maximum absolute atomic E-state index is 5.70. The van der Waals surface area contributed by atoms with E-state index in [1.165, 1.54) is 24.9 Å². The molecule has 2 aliphatic heterocycles. The molecular weight excluding hydrogens is 264 g/mol. The highest BCUT2D eigenvalue weighted by Crippen LogP contribution is 2.34. The zero-order valence-corrected chi connectivity index (χ0v) is 13.3. The molecule has 3 rings (SSSR count). The second kappa shape index (κ2) is 5.85. The maximum Gasteiger partial charge on any atom is 0.161 e. The molecule has 0 saturated carbocycles. The van der Waals surface area contributed by atoms with Crippen LogP contribution in [0.25, 0.3) is 0 Å². The lowest BCUT2D eigenvalue weighted by Gasteiger charge is -2.34. The molecule has 0 radical (unpaired) electrons. The molecule has 21 heavy (non-hydrogen) atoms. The normalized spacial score (nSPS) is 22.2. The molecule has 1 N–H and O–H groups in total. The number of benzene rings is 1. The number of fused-ring (bicyclic) bond motifs is 1. The third kappa shape index (κ3) is 3.01. The molecule has 0 amide bonds. The van der Waals surface area contributed by atoms with Gasteiger partial charge in [0.1, 0.15) is 13.2 Å². The van der Waals surface area contributed by atoms with Gasteiger partial charge in [0, 0.05) is 18.1 Å². The molecule has 0 aliphatic carbocycles. The van der Waals surface area contributed by atoms with E-state index in [1.54, 1.807) is 0 Å². The van der Waals surface area contributed by atoms with Crippen LogP contribution >= 0.6 is 0 Å². The molecule has 2 aliphatic rings. The Labute approximate surface area is 127 Å². The molecule has 1 fully saturated rings. The van der Waals surface area contributed by atoms with Gasteiger partial charge in [0.2, 0.25) is 0 Å². The molecule has 2 heterocycles. The van der Waals surface area contributed by atoms with Crippen molar-refractivity contribution >= 4 is 0 Å². The summed E-state index contributed by atoms with van der Waals surface area (Å²) in [7, 11) is 2.03. The number of ether oxygens (including phenoxy) is 2. The van der Waals surface area contributed by atoms with Gasteiger partial charge in [-0.25, -0.2) is 0 Å². The highest BCUT2D eigenvalue weighted by atomic mass is 16.6. The van der Waals surface area contributed by atoms with Crippen molar-refractivity contribution < 1.29 is 9.47 Å². The first-order valence-corrected chi connectivity index (χ1v) is 7.92. The van der Waals surface area contributed by atoms with Crippen molar-refractivity contribution in [3.63, 3.8) is 0 Å². The third-order valence-electron chi connectivity index (χ3n) is 4.79. The van der Waals surface area contributed by atoms with Gasteiger partial charge < -0.3 is 14.8 Å². The number of rotatable bonds is 4. The standard InChI is InChI=1S/C17H26N2O2/c1-17(2)7-4-8-19(17)12-14(18-3)13-5-6-15-16(11-13)21-10-9-20-15/h5-6,11,14,18H,4,7-10,12H2,1-3H3. The highest BCUT2D eigenvalue weighted by Gasteiger charge is 2.33. The summed E-state index contributed by atoms with van der Waals surface area (Å²) in [6, 6.07) is 6.62. The van der Waals surface area contributed by atoms with E-state index < -0.39 is 0 Å². The molecule has 4 nitrogen and oxygen atoms in total. The predicted octanol–water partition coefficient (Wildman–Crippen LogP) is 2.59. The number of nitrogens with zero attached hydrogens (tertiary/aromatic N) is 1. The second-order valence-electron chi connectivity index (χ2n) is 6.61. The minimum absolute atomic E-state index is 0.308. The van der Waals surface area contributed by atoms with Crippen LogP contribution in [0, 0.1) is 0 Å². The number of likely N-dealkylation sites (tertiary alicyclic amines) is 1. The number of likely N-dealkylation sites (N-methyl/N-ethyl adjacent to an activating group) is 1. The van der Waals surface area contributed by atoms with E-state index in [2.05, 4.69) is 36.2 Å². The number of nitrogens with one attached hydrogen (secondary N) is 1. The van der Waals surface area contributed by atoms with Crippen LogP contribution in [0.4, 0.5) is 0 Å². The fourth-order valence-electron chi connectivity index (χ4n) is 3.36. The Bertz CT molecular complexity index is 502. The van der Waals surface area contributed by atoms with E-state index in [9.17, 15) is 0 Å². The Morgan fingerprint density at radius 3 is 2.67 bits per heavy atom. The fourth-order valence-corrected chi connectivity index (χ4v) is 3.36. The zero-order valence-electron chi connectivity index (χ0n) is 13.3. The topological polar surface area (TPSA) is 33.7 Å². The summed E-state index contributed by atoms with van der Waals surface area (Å²) in [6.07, 6.45) is 2.58. The molecule has 1 aromatic rings. The molecule has 116 valence electrons. The molecular formula is C17H26N2O2. The summed E-state index contributed by atoms with van der Waals surface area (Å²) in [5.41, 5.74) is 1.58. The van der Waals surface area contributed by atoms with Crippen LogP contribution in [0.15, 0.2) is 18.2 Å². The van der Waals surface area contributed by atoms with Crippen molar-refractivity contribution in [1.29, 1.82) is 0 Å². The van der Waals surface area contributed by atoms with Crippen LogP contribution in [-0.2, 0) is 0 Å². The van der Waals surface area contributed by atoms with Crippen LogP contribution in [0.2, 0.25) is 0 Å². The predicted molar refractivity (Wildman–Crippen MR) is 84.1 cm³/mol. The van der Waals surface area contributed by atoms with Gasteiger partial charge in [0.25, 0.3) is 0 Å². The third-order valence-corrected chi connectivity index (χ3v) is 4.79. The van der Waals surface area contributed by atoms with E-state index in [0.717, 1.165) is 18.0 Å². The lowest BCUT2D eigenvalue weighted by molar-refractivity contribution is 0.157. The lowest BCUT2D eigenvalue weighted by Crippen LogP contribution is -2.42. The van der Waals surface area contributed by atoms with Gasteiger partial charge in [-0.3, -0.25) is 4.90 Å². The van der Waals surface area contributed by atoms with Crippen LogP contribution in [0.1, 0.15) is 38.3 Å². The largest absolute Gasteiger partial charge is 0.486 e. The van der Waals surface area contributed by atoms with Crippen molar-refractivity contribution in [2.75, 3.05) is 33.4 Å². The summed E-state index contributed by atoms with van der Waals surface area (Å²) < 4.78 is 11.3.